The zero-order chi connectivity index (χ0) is 16.6. The molecule has 2 aromatic rings. The van der Waals surface area contributed by atoms with E-state index >= 15 is 0 Å². The molecule has 0 aliphatic carbocycles. The monoisotopic (exact) mass is 309 g/mol. The van der Waals surface area contributed by atoms with Gasteiger partial charge in [-0.2, -0.15) is 0 Å². The van der Waals surface area contributed by atoms with E-state index in [1.54, 1.807) is 43.3 Å². The number of carbonyl (C=O) groups excluding carboxylic acids is 2. The molecule has 0 fully saturated rings. The summed E-state index contributed by atoms with van der Waals surface area (Å²) in [5.41, 5.74) is 1.51. The molecule has 0 saturated carbocycles. The fourth-order valence-electron chi connectivity index (χ4n) is 3.22. The van der Waals surface area contributed by atoms with Crippen LogP contribution >= 0.6 is 0 Å². The number of amides is 1. The van der Waals surface area contributed by atoms with E-state index < -0.39 is 5.41 Å². The molecule has 1 unspecified atom stereocenters. The summed E-state index contributed by atoms with van der Waals surface area (Å²) in [4.78, 5) is 27.1. The molecular weight excluding hydrogens is 290 g/mol. The van der Waals surface area contributed by atoms with Crippen molar-refractivity contribution in [3.05, 3.63) is 59.7 Å². The molecule has 1 aliphatic heterocycles. The zero-order valence-electron chi connectivity index (χ0n) is 13.5. The van der Waals surface area contributed by atoms with Crippen molar-refractivity contribution in [2.75, 3.05) is 19.1 Å². The first-order valence-corrected chi connectivity index (χ1v) is 7.52. The highest BCUT2D eigenvalue weighted by molar-refractivity contribution is 6.11. The van der Waals surface area contributed by atoms with Gasteiger partial charge in [-0.05, 0) is 30.7 Å². The average Bonchev–Trinajstić information content (AvgIpc) is 2.77. The summed E-state index contributed by atoms with van der Waals surface area (Å²) in [7, 11) is 3.32. The number of hydrogen-bond donors (Lipinski definition) is 0. The summed E-state index contributed by atoms with van der Waals surface area (Å²) in [6, 6.07) is 14.7. The Morgan fingerprint density at radius 3 is 2.65 bits per heavy atom. The van der Waals surface area contributed by atoms with Gasteiger partial charge in [-0.15, -0.1) is 0 Å². The van der Waals surface area contributed by atoms with Crippen LogP contribution in [-0.2, 0) is 10.2 Å². The molecule has 118 valence electrons. The highest BCUT2D eigenvalue weighted by Crippen LogP contribution is 2.43. The third kappa shape index (κ3) is 2.40. The molecule has 1 amide bonds. The van der Waals surface area contributed by atoms with Gasteiger partial charge in [0.05, 0.1) is 12.5 Å². The van der Waals surface area contributed by atoms with Crippen molar-refractivity contribution in [3.63, 3.8) is 0 Å². The van der Waals surface area contributed by atoms with Crippen LogP contribution in [-0.4, -0.2) is 25.8 Å². The number of rotatable bonds is 4. The zero-order valence-corrected chi connectivity index (χ0v) is 13.5. The van der Waals surface area contributed by atoms with E-state index in [1.807, 2.05) is 31.2 Å². The van der Waals surface area contributed by atoms with Crippen molar-refractivity contribution in [1.29, 1.82) is 0 Å². The number of carbonyl (C=O) groups is 2. The standard InChI is InChI=1S/C19H19NO3/c1-19(12-17(21)13-7-6-8-14(11-13)23-3)15-9-4-5-10-16(15)20(2)18(19)22/h4-11H,12H2,1-3H3. The second-order valence-electron chi connectivity index (χ2n) is 6.05. The van der Waals surface area contributed by atoms with Crippen LogP contribution in [0, 0.1) is 0 Å². The lowest BCUT2D eigenvalue weighted by molar-refractivity contribution is -0.122. The first-order valence-electron chi connectivity index (χ1n) is 7.52. The molecule has 1 atom stereocenters. The predicted molar refractivity (Wildman–Crippen MR) is 89.1 cm³/mol. The van der Waals surface area contributed by atoms with E-state index in [0.717, 1.165) is 11.3 Å². The minimum Gasteiger partial charge on any atom is -0.497 e. The number of methoxy groups -OCH3 is 1. The molecule has 1 aliphatic rings. The largest absolute Gasteiger partial charge is 0.497 e. The lowest BCUT2D eigenvalue weighted by atomic mass is 9.78. The van der Waals surface area contributed by atoms with E-state index in [0.29, 0.717) is 11.3 Å². The Kier molecular flexibility index (Phi) is 3.68. The minimum atomic E-state index is -0.828. The number of para-hydroxylation sites is 1. The van der Waals surface area contributed by atoms with E-state index in [-0.39, 0.29) is 18.1 Å². The summed E-state index contributed by atoms with van der Waals surface area (Å²) in [5, 5.41) is 0. The number of nitrogens with zero attached hydrogens (tertiary/aromatic N) is 1. The van der Waals surface area contributed by atoms with E-state index in [2.05, 4.69) is 0 Å². The number of anilines is 1. The molecule has 2 aromatic carbocycles. The Bertz CT molecular complexity index is 784. The van der Waals surface area contributed by atoms with Crippen molar-refractivity contribution in [2.45, 2.75) is 18.8 Å². The summed E-state index contributed by atoms with van der Waals surface area (Å²) in [5.74, 6) is 0.524. The molecule has 4 nitrogen and oxygen atoms in total. The second kappa shape index (κ2) is 5.54. The van der Waals surface area contributed by atoms with E-state index in [1.165, 1.54) is 0 Å². The lowest BCUT2D eigenvalue weighted by Crippen LogP contribution is -2.37. The van der Waals surface area contributed by atoms with E-state index in [9.17, 15) is 9.59 Å². The van der Waals surface area contributed by atoms with Crippen LogP contribution in [0.1, 0.15) is 29.3 Å². The number of ketones is 1. The maximum absolute atomic E-state index is 12.7. The normalized spacial score (nSPS) is 19.6. The lowest BCUT2D eigenvalue weighted by Gasteiger charge is -2.22. The quantitative estimate of drug-likeness (QED) is 0.815. The van der Waals surface area contributed by atoms with Crippen LogP contribution in [0.2, 0.25) is 0 Å². The minimum absolute atomic E-state index is 0.0463. The first kappa shape index (κ1) is 15.3. The second-order valence-corrected chi connectivity index (χ2v) is 6.05. The highest BCUT2D eigenvalue weighted by Gasteiger charge is 2.47. The van der Waals surface area contributed by atoms with Crippen molar-refractivity contribution in [3.8, 4) is 5.75 Å². The molecule has 0 spiro atoms. The number of hydrogen-bond acceptors (Lipinski definition) is 3. The molecule has 0 bridgehead atoms. The topological polar surface area (TPSA) is 46.6 Å². The first-order chi connectivity index (χ1) is 11.0. The molecule has 3 rings (SSSR count). The Morgan fingerprint density at radius 2 is 1.91 bits per heavy atom. The van der Waals surface area contributed by atoms with Crippen molar-refractivity contribution in [2.24, 2.45) is 0 Å². The van der Waals surface area contributed by atoms with Gasteiger partial charge in [0, 0.05) is 24.7 Å². The van der Waals surface area contributed by atoms with Gasteiger partial charge in [0.15, 0.2) is 5.78 Å². The number of ether oxygens (including phenoxy) is 1. The Morgan fingerprint density at radius 1 is 1.17 bits per heavy atom. The Balaban J connectivity index is 1.95. The SMILES string of the molecule is COc1cccc(C(=O)CC2(C)C(=O)N(C)c3ccccc32)c1. The average molecular weight is 309 g/mol. The summed E-state index contributed by atoms with van der Waals surface area (Å²) >= 11 is 0. The van der Waals surface area contributed by atoms with Crippen molar-refractivity contribution < 1.29 is 14.3 Å². The van der Waals surface area contributed by atoms with Gasteiger partial charge in [0.25, 0.3) is 0 Å². The van der Waals surface area contributed by atoms with Crippen LogP contribution in [0.15, 0.2) is 48.5 Å². The maximum Gasteiger partial charge on any atom is 0.237 e. The van der Waals surface area contributed by atoms with E-state index in [4.69, 9.17) is 4.74 Å². The Hall–Kier alpha value is -2.62. The van der Waals surface area contributed by atoms with Crippen LogP contribution in [0.25, 0.3) is 0 Å². The third-order valence-electron chi connectivity index (χ3n) is 4.54. The number of benzene rings is 2. The Labute approximate surface area is 135 Å². The molecule has 0 aromatic heterocycles. The predicted octanol–water partition coefficient (Wildman–Crippen LogP) is 3.20. The highest BCUT2D eigenvalue weighted by atomic mass is 16.5. The van der Waals surface area contributed by atoms with Gasteiger partial charge in [0.1, 0.15) is 5.75 Å². The number of likely N-dealkylation sites (N-methyl/N-ethyl adjacent to an activating group) is 1. The van der Waals surface area contributed by atoms with Crippen LogP contribution in [0.5, 0.6) is 5.75 Å². The fourth-order valence-corrected chi connectivity index (χ4v) is 3.22. The van der Waals surface area contributed by atoms with Crippen LogP contribution < -0.4 is 9.64 Å². The summed E-state index contributed by atoms with van der Waals surface area (Å²) < 4.78 is 5.17. The number of fused-ring (bicyclic) bond motifs is 1. The van der Waals surface area contributed by atoms with Crippen molar-refractivity contribution in [1.82, 2.24) is 0 Å². The fraction of sp³-hybridized carbons (Fsp3) is 0.263. The van der Waals surface area contributed by atoms with Gasteiger partial charge >= 0.3 is 0 Å². The van der Waals surface area contributed by atoms with Gasteiger partial charge in [-0.1, -0.05) is 30.3 Å². The third-order valence-corrected chi connectivity index (χ3v) is 4.54. The van der Waals surface area contributed by atoms with Gasteiger partial charge < -0.3 is 9.64 Å². The van der Waals surface area contributed by atoms with Crippen molar-refractivity contribution >= 4 is 17.4 Å². The maximum atomic E-state index is 12.7. The van der Waals surface area contributed by atoms with Crippen LogP contribution in [0.3, 0.4) is 0 Å². The molecule has 23 heavy (non-hydrogen) atoms. The smallest absolute Gasteiger partial charge is 0.237 e. The van der Waals surface area contributed by atoms with Gasteiger partial charge in [-0.25, -0.2) is 0 Å². The molecule has 4 heteroatoms. The van der Waals surface area contributed by atoms with Gasteiger partial charge in [-0.3, -0.25) is 9.59 Å². The van der Waals surface area contributed by atoms with Crippen LogP contribution in [0.4, 0.5) is 5.69 Å². The summed E-state index contributed by atoms with van der Waals surface area (Å²) in [6.45, 7) is 1.84. The molecule has 1 heterocycles. The molecule has 0 saturated heterocycles. The molecule has 0 radical (unpaired) electrons. The molecule has 0 N–H and O–H groups in total. The number of Topliss-reactive ketones (excluding diaryl/α,β-unsaturated/α-hetero) is 1. The summed E-state index contributed by atoms with van der Waals surface area (Å²) in [6.07, 6.45) is 0.139. The van der Waals surface area contributed by atoms with Gasteiger partial charge in [0.2, 0.25) is 5.91 Å². The molecular formula is C19H19NO3.